The van der Waals surface area contributed by atoms with Crippen LogP contribution < -0.4 is 0 Å². The summed E-state index contributed by atoms with van der Waals surface area (Å²) in [5.41, 5.74) is 2.56. The molecule has 1 saturated heterocycles. The molecule has 0 aliphatic carbocycles. The average Bonchev–Trinajstić information content (AvgIpc) is 2.77. The molecule has 0 bridgehead atoms. The van der Waals surface area contributed by atoms with Crippen molar-refractivity contribution < 1.29 is 22.4 Å². The summed E-state index contributed by atoms with van der Waals surface area (Å²) in [6, 6.07) is 16.6. The van der Waals surface area contributed by atoms with E-state index in [-0.39, 0.29) is 5.78 Å². The van der Waals surface area contributed by atoms with Crippen LogP contribution in [0.15, 0.2) is 77.9 Å². The molecule has 0 amide bonds. The summed E-state index contributed by atoms with van der Waals surface area (Å²) >= 11 is 0. The first-order valence-corrected chi connectivity index (χ1v) is 10.0. The maximum atomic E-state index is 13.7. The van der Waals surface area contributed by atoms with Gasteiger partial charge in [0.2, 0.25) is 0 Å². The van der Waals surface area contributed by atoms with Gasteiger partial charge in [0.15, 0.2) is 29.1 Å². The van der Waals surface area contributed by atoms with E-state index in [4.69, 9.17) is 0 Å². The van der Waals surface area contributed by atoms with E-state index < -0.39 is 23.3 Å². The zero-order valence-electron chi connectivity index (χ0n) is 17.0. The van der Waals surface area contributed by atoms with Gasteiger partial charge in [-0.3, -0.25) is 9.69 Å². The molecule has 2 nitrogen and oxygen atoms in total. The fraction of sp³-hybridized carbons (Fsp3) is 0.115. The van der Waals surface area contributed by atoms with Gasteiger partial charge in [-0.25, -0.2) is 17.6 Å². The van der Waals surface area contributed by atoms with Gasteiger partial charge in [-0.05, 0) is 53.1 Å². The first kappa shape index (κ1) is 21.7. The number of hydrogen-bond acceptors (Lipinski definition) is 2. The Labute approximate surface area is 183 Å². The second-order valence-corrected chi connectivity index (χ2v) is 7.65. The van der Waals surface area contributed by atoms with Crippen molar-refractivity contribution in [1.82, 2.24) is 4.90 Å². The SMILES string of the molecule is O=C1C(=Cc2ccc(F)c(F)c2)CN(Cc2ccccc2)CC1=Cc1ccc(F)c(F)c1. The zero-order chi connectivity index (χ0) is 22.7. The van der Waals surface area contributed by atoms with Gasteiger partial charge < -0.3 is 0 Å². The summed E-state index contributed by atoms with van der Waals surface area (Å²) in [7, 11) is 0. The van der Waals surface area contributed by atoms with Crippen molar-refractivity contribution in [2.45, 2.75) is 6.54 Å². The second-order valence-electron chi connectivity index (χ2n) is 7.65. The number of halogens is 4. The third kappa shape index (κ3) is 5.03. The molecule has 1 aliphatic heterocycles. The normalized spacial score (nSPS) is 17.3. The van der Waals surface area contributed by atoms with E-state index in [0.29, 0.717) is 41.9 Å². The van der Waals surface area contributed by atoms with Gasteiger partial charge in [0.25, 0.3) is 0 Å². The fourth-order valence-corrected chi connectivity index (χ4v) is 3.67. The standard InChI is InChI=1S/C26H19F4NO/c27-22-8-6-18(12-24(22)29)10-20-15-31(14-17-4-2-1-3-5-17)16-21(26(20)32)11-19-7-9-23(28)25(30)13-19/h1-13H,14-16H2. The van der Waals surface area contributed by atoms with E-state index in [1.54, 1.807) is 0 Å². The summed E-state index contributed by atoms with van der Waals surface area (Å²) in [5.74, 6) is -4.20. The quantitative estimate of drug-likeness (QED) is 0.380. The van der Waals surface area contributed by atoms with Crippen LogP contribution in [0.25, 0.3) is 12.2 Å². The number of Topliss-reactive ketones (excluding diaryl/α,β-unsaturated/α-hetero) is 1. The summed E-state index contributed by atoms with van der Waals surface area (Å²) in [5, 5.41) is 0. The maximum Gasteiger partial charge on any atom is 0.187 e. The molecule has 0 N–H and O–H groups in total. The number of nitrogens with zero attached hydrogens (tertiary/aromatic N) is 1. The number of ketones is 1. The molecule has 0 radical (unpaired) electrons. The van der Waals surface area contributed by atoms with Crippen molar-refractivity contribution in [3.8, 4) is 0 Å². The molecular formula is C26H19F4NO. The number of carbonyl (C=O) groups is 1. The Morgan fingerprint density at radius 3 is 1.66 bits per heavy atom. The highest BCUT2D eigenvalue weighted by Gasteiger charge is 2.26. The fourth-order valence-electron chi connectivity index (χ4n) is 3.67. The summed E-state index contributed by atoms with van der Waals surface area (Å²) in [6.07, 6.45) is 3.06. The van der Waals surface area contributed by atoms with Crippen LogP contribution in [-0.2, 0) is 11.3 Å². The third-order valence-electron chi connectivity index (χ3n) is 5.19. The molecule has 162 valence electrons. The number of benzene rings is 3. The minimum absolute atomic E-state index is 0.274. The monoisotopic (exact) mass is 437 g/mol. The van der Waals surface area contributed by atoms with Crippen molar-refractivity contribution in [1.29, 1.82) is 0 Å². The van der Waals surface area contributed by atoms with Crippen LogP contribution >= 0.6 is 0 Å². The lowest BCUT2D eigenvalue weighted by Gasteiger charge is -2.30. The van der Waals surface area contributed by atoms with E-state index in [9.17, 15) is 22.4 Å². The van der Waals surface area contributed by atoms with Crippen LogP contribution in [0.2, 0.25) is 0 Å². The predicted octanol–water partition coefficient (Wildman–Crippen LogP) is 5.79. The smallest absolute Gasteiger partial charge is 0.187 e. The Morgan fingerprint density at radius 1 is 0.688 bits per heavy atom. The molecule has 1 heterocycles. The van der Waals surface area contributed by atoms with Crippen molar-refractivity contribution in [2.75, 3.05) is 13.1 Å². The van der Waals surface area contributed by atoms with Crippen LogP contribution in [0, 0.1) is 23.3 Å². The Bertz CT molecular complexity index is 1140. The average molecular weight is 437 g/mol. The van der Waals surface area contributed by atoms with Crippen LogP contribution in [0.1, 0.15) is 16.7 Å². The lowest BCUT2D eigenvalue weighted by Crippen LogP contribution is -2.37. The summed E-state index contributed by atoms with van der Waals surface area (Å²) in [6.45, 7) is 1.17. The Balaban J connectivity index is 1.70. The van der Waals surface area contributed by atoms with Crippen molar-refractivity contribution in [3.05, 3.63) is 118 Å². The largest absolute Gasteiger partial charge is 0.290 e. The van der Waals surface area contributed by atoms with Crippen molar-refractivity contribution >= 4 is 17.9 Å². The van der Waals surface area contributed by atoms with E-state index in [0.717, 1.165) is 29.8 Å². The van der Waals surface area contributed by atoms with Crippen LogP contribution in [0.3, 0.4) is 0 Å². The van der Waals surface area contributed by atoms with Crippen LogP contribution in [0.5, 0.6) is 0 Å². The van der Waals surface area contributed by atoms with Gasteiger partial charge in [0.05, 0.1) is 0 Å². The molecule has 1 fully saturated rings. The molecule has 6 heteroatoms. The highest BCUT2D eigenvalue weighted by molar-refractivity contribution is 6.14. The minimum atomic E-state index is -0.999. The van der Waals surface area contributed by atoms with Crippen LogP contribution in [0.4, 0.5) is 17.6 Å². The Morgan fingerprint density at radius 2 is 1.19 bits per heavy atom. The summed E-state index contributed by atoms with van der Waals surface area (Å²) < 4.78 is 53.9. The van der Waals surface area contributed by atoms with Gasteiger partial charge in [0, 0.05) is 30.8 Å². The Kier molecular flexibility index (Phi) is 6.32. The van der Waals surface area contributed by atoms with Crippen LogP contribution in [-0.4, -0.2) is 23.8 Å². The molecule has 1 aliphatic rings. The van der Waals surface area contributed by atoms with Gasteiger partial charge in [-0.2, -0.15) is 0 Å². The van der Waals surface area contributed by atoms with Gasteiger partial charge in [-0.1, -0.05) is 42.5 Å². The molecule has 32 heavy (non-hydrogen) atoms. The first-order valence-electron chi connectivity index (χ1n) is 10.0. The molecule has 3 aromatic carbocycles. The van der Waals surface area contributed by atoms with Crippen molar-refractivity contribution in [2.24, 2.45) is 0 Å². The highest BCUT2D eigenvalue weighted by atomic mass is 19.2. The molecule has 0 unspecified atom stereocenters. The highest BCUT2D eigenvalue weighted by Crippen LogP contribution is 2.24. The maximum absolute atomic E-state index is 13.7. The lowest BCUT2D eigenvalue weighted by atomic mass is 9.93. The Hall–Kier alpha value is -3.51. The topological polar surface area (TPSA) is 20.3 Å². The minimum Gasteiger partial charge on any atom is -0.290 e. The molecule has 0 spiro atoms. The second kappa shape index (κ2) is 9.32. The van der Waals surface area contributed by atoms with Crippen molar-refractivity contribution in [3.63, 3.8) is 0 Å². The molecule has 0 atom stereocenters. The predicted molar refractivity (Wildman–Crippen MR) is 115 cm³/mol. The van der Waals surface area contributed by atoms with Gasteiger partial charge in [-0.15, -0.1) is 0 Å². The van der Waals surface area contributed by atoms with E-state index in [1.807, 2.05) is 35.2 Å². The number of hydrogen-bond donors (Lipinski definition) is 0. The van der Waals surface area contributed by atoms with E-state index in [2.05, 4.69) is 0 Å². The molecule has 0 aromatic heterocycles. The van der Waals surface area contributed by atoms with Gasteiger partial charge in [0.1, 0.15) is 0 Å². The zero-order valence-corrected chi connectivity index (χ0v) is 17.0. The molecule has 4 rings (SSSR count). The molecule has 3 aromatic rings. The summed E-state index contributed by atoms with van der Waals surface area (Å²) in [4.78, 5) is 15.2. The number of piperidine rings is 1. The number of likely N-dealkylation sites (tertiary alicyclic amines) is 1. The first-order chi connectivity index (χ1) is 15.4. The van der Waals surface area contributed by atoms with E-state index in [1.165, 1.54) is 24.3 Å². The molecule has 0 saturated carbocycles. The number of carbonyl (C=O) groups excluding carboxylic acids is 1. The number of rotatable bonds is 4. The third-order valence-corrected chi connectivity index (χ3v) is 5.19. The van der Waals surface area contributed by atoms with Gasteiger partial charge >= 0.3 is 0 Å². The molecular weight excluding hydrogens is 418 g/mol. The van der Waals surface area contributed by atoms with E-state index >= 15 is 0 Å². The lowest BCUT2D eigenvalue weighted by molar-refractivity contribution is -0.113.